The molecular formula is C18H30N2O. The lowest BCUT2D eigenvalue weighted by Crippen LogP contribution is -2.48. The van der Waals surface area contributed by atoms with Gasteiger partial charge in [0.1, 0.15) is 0 Å². The second-order valence-corrected chi connectivity index (χ2v) is 6.35. The van der Waals surface area contributed by atoms with Crippen molar-refractivity contribution < 1.29 is 4.74 Å². The summed E-state index contributed by atoms with van der Waals surface area (Å²) >= 11 is 0. The summed E-state index contributed by atoms with van der Waals surface area (Å²) in [7, 11) is 0. The van der Waals surface area contributed by atoms with Crippen LogP contribution in [0.4, 0.5) is 0 Å². The molecule has 2 rings (SSSR count). The number of ether oxygens (including phenoxy) is 1. The van der Waals surface area contributed by atoms with Crippen molar-refractivity contribution in [3.8, 4) is 0 Å². The molecule has 1 saturated carbocycles. The van der Waals surface area contributed by atoms with E-state index < -0.39 is 0 Å². The highest BCUT2D eigenvalue weighted by Gasteiger charge is 2.42. The predicted molar refractivity (Wildman–Crippen MR) is 87.3 cm³/mol. The van der Waals surface area contributed by atoms with Crippen molar-refractivity contribution in [1.82, 2.24) is 10.3 Å². The highest BCUT2D eigenvalue weighted by Crippen LogP contribution is 2.43. The van der Waals surface area contributed by atoms with Crippen LogP contribution in [-0.4, -0.2) is 23.7 Å². The smallest absolute Gasteiger partial charge is 0.0876 e. The number of hydrogen-bond acceptors (Lipinski definition) is 3. The lowest BCUT2D eigenvalue weighted by molar-refractivity contribution is -0.0976. The zero-order valence-electron chi connectivity index (χ0n) is 13.8. The third kappa shape index (κ3) is 4.04. The van der Waals surface area contributed by atoms with Gasteiger partial charge in [-0.3, -0.25) is 4.98 Å². The Morgan fingerprint density at radius 2 is 2.14 bits per heavy atom. The maximum Gasteiger partial charge on any atom is 0.0876 e. The molecule has 0 amide bonds. The second kappa shape index (κ2) is 7.90. The molecule has 21 heavy (non-hydrogen) atoms. The highest BCUT2D eigenvalue weighted by molar-refractivity contribution is 5.19. The Kier molecular flexibility index (Phi) is 6.19. The fourth-order valence-corrected chi connectivity index (χ4v) is 3.50. The fourth-order valence-electron chi connectivity index (χ4n) is 3.50. The summed E-state index contributed by atoms with van der Waals surface area (Å²) in [6.45, 7) is 8.47. The third-order valence-corrected chi connectivity index (χ3v) is 4.69. The molecule has 1 aliphatic rings. The zero-order chi connectivity index (χ0) is 15.1. The predicted octanol–water partition coefficient (Wildman–Crippen LogP) is 4.11. The molecule has 1 atom stereocenters. The molecule has 3 nitrogen and oxygen atoms in total. The zero-order valence-corrected chi connectivity index (χ0v) is 13.8. The molecular weight excluding hydrogens is 260 g/mol. The van der Waals surface area contributed by atoms with Gasteiger partial charge in [-0.05, 0) is 63.1 Å². The van der Waals surface area contributed by atoms with Crippen molar-refractivity contribution in [3.05, 3.63) is 30.1 Å². The van der Waals surface area contributed by atoms with Crippen molar-refractivity contribution in [1.29, 1.82) is 0 Å². The van der Waals surface area contributed by atoms with Crippen LogP contribution in [0.2, 0.25) is 0 Å². The van der Waals surface area contributed by atoms with Gasteiger partial charge >= 0.3 is 0 Å². The van der Waals surface area contributed by atoms with Crippen LogP contribution < -0.4 is 5.32 Å². The summed E-state index contributed by atoms with van der Waals surface area (Å²) in [5, 5.41) is 3.73. The number of nitrogens with one attached hydrogen (secondary N) is 1. The normalized spacial score (nSPS) is 27.5. The van der Waals surface area contributed by atoms with Gasteiger partial charge < -0.3 is 10.1 Å². The summed E-state index contributed by atoms with van der Waals surface area (Å²) in [5.41, 5.74) is 1.19. The lowest BCUT2D eigenvalue weighted by Gasteiger charge is -2.45. The Morgan fingerprint density at radius 1 is 1.38 bits per heavy atom. The molecule has 1 unspecified atom stereocenters. The summed E-state index contributed by atoms with van der Waals surface area (Å²) in [6, 6.07) is 4.46. The molecule has 1 heterocycles. The molecule has 0 aromatic carbocycles. The van der Waals surface area contributed by atoms with Gasteiger partial charge in [0, 0.05) is 19.0 Å². The van der Waals surface area contributed by atoms with E-state index in [9.17, 15) is 0 Å². The molecule has 0 aliphatic heterocycles. The first-order valence-corrected chi connectivity index (χ1v) is 8.49. The van der Waals surface area contributed by atoms with Crippen LogP contribution in [0.1, 0.15) is 64.5 Å². The van der Waals surface area contributed by atoms with E-state index in [-0.39, 0.29) is 11.6 Å². The van der Waals surface area contributed by atoms with Crippen molar-refractivity contribution in [2.45, 2.75) is 64.5 Å². The standard InChI is InChI=1S/C18H30N2O/c1-4-12-20-17(16-7-6-13-19-14-16)18(21-5-2)10-8-15(3)9-11-18/h6-7,13-15,17,20H,4-5,8-12H2,1-3H3. The molecule has 0 saturated heterocycles. The minimum atomic E-state index is -0.0700. The minimum absolute atomic E-state index is 0.0700. The Balaban J connectivity index is 2.26. The summed E-state index contributed by atoms with van der Waals surface area (Å²) in [4.78, 5) is 4.32. The Labute approximate surface area is 129 Å². The number of hydrogen-bond donors (Lipinski definition) is 1. The maximum absolute atomic E-state index is 6.34. The van der Waals surface area contributed by atoms with E-state index in [1.807, 2.05) is 18.5 Å². The Hall–Kier alpha value is -0.930. The van der Waals surface area contributed by atoms with Gasteiger partial charge in [-0.25, -0.2) is 0 Å². The van der Waals surface area contributed by atoms with Gasteiger partial charge in [0.15, 0.2) is 0 Å². The molecule has 1 aromatic rings. The van der Waals surface area contributed by atoms with Crippen molar-refractivity contribution in [2.24, 2.45) is 5.92 Å². The van der Waals surface area contributed by atoms with E-state index in [1.165, 1.54) is 18.4 Å². The first-order chi connectivity index (χ1) is 10.2. The van der Waals surface area contributed by atoms with E-state index in [2.05, 4.69) is 37.1 Å². The van der Waals surface area contributed by atoms with Gasteiger partial charge in [-0.1, -0.05) is 19.9 Å². The molecule has 0 bridgehead atoms. The molecule has 1 aliphatic carbocycles. The number of nitrogens with zero attached hydrogens (tertiary/aromatic N) is 1. The molecule has 1 N–H and O–H groups in total. The van der Waals surface area contributed by atoms with Gasteiger partial charge in [-0.2, -0.15) is 0 Å². The van der Waals surface area contributed by atoms with Crippen LogP contribution in [0.15, 0.2) is 24.5 Å². The lowest BCUT2D eigenvalue weighted by atomic mass is 9.73. The number of aromatic nitrogens is 1. The first kappa shape index (κ1) is 16.4. The van der Waals surface area contributed by atoms with E-state index in [1.54, 1.807) is 0 Å². The van der Waals surface area contributed by atoms with Crippen LogP contribution >= 0.6 is 0 Å². The van der Waals surface area contributed by atoms with E-state index in [0.717, 1.165) is 38.3 Å². The van der Waals surface area contributed by atoms with E-state index >= 15 is 0 Å². The molecule has 0 radical (unpaired) electrons. The van der Waals surface area contributed by atoms with Gasteiger partial charge in [0.2, 0.25) is 0 Å². The van der Waals surface area contributed by atoms with E-state index in [0.29, 0.717) is 0 Å². The number of rotatable bonds is 7. The first-order valence-electron chi connectivity index (χ1n) is 8.49. The Morgan fingerprint density at radius 3 is 2.71 bits per heavy atom. The quantitative estimate of drug-likeness (QED) is 0.820. The van der Waals surface area contributed by atoms with Crippen LogP contribution in [-0.2, 0) is 4.74 Å². The molecule has 3 heteroatoms. The van der Waals surface area contributed by atoms with Crippen LogP contribution in [0, 0.1) is 5.92 Å². The largest absolute Gasteiger partial charge is 0.373 e. The molecule has 1 fully saturated rings. The molecule has 118 valence electrons. The topological polar surface area (TPSA) is 34.2 Å². The average molecular weight is 290 g/mol. The fraction of sp³-hybridized carbons (Fsp3) is 0.722. The monoisotopic (exact) mass is 290 g/mol. The second-order valence-electron chi connectivity index (χ2n) is 6.35. The third-order valence-electron chi connectivity index (χ3n) is 4.69. The van der Waals surface area contributed by atoms with Crippen molar-refractivity contribution in [2.75, 3.05) is 13.2 Å². The summed E-state index contributed by atoms with van der Waals surface area (Å²) < 4.78 is 6.34. The minimum Gasteiger partial charge on any atom is -0.373 e. The van der Waals surface area contributed by atoms with Gasteiger partial charge in [-0.15, -0.1) is 0 Å². The Bertz CT molecular complexity index is 399. The SMILES string of the molecule is CCCNC(c1cccnc1)C1(OCC)CCC(C)CC1. The molecule has 1 aromatic heterocycles. The van der Waals surface area contributed by atoms with Crippen molar-refractivity contribution in [3.63, 3.8) is 0 Å². The van der Waals surface area contributed by atoms with Crippen LogP contribution in [0.3, 0.4) is 0 Å². The van der Waals surface area contributed by atoms with Crippen LogP contribution in [0.25, 0.3) is 0 Å². The van der Waals surface area contributed by atoms with E-state index in [4.69, 9.17) is 4.74 Å². The van der Waals surface area contributed by atoms with Gasteiger partial charge in [0.25, 0.3) is 0 Å². The summed E-state index contributed by atoms with van der Waals surface area (Å²) in [6.07, 6.45) is 9.75. The summed E-state index contributed by atoms with van der Waals surface area (Å²) in [5.74, 6) is 0.819. The average Bonchev–Trinajstić information content (AvgIpc) is 2.52. The molecule has 0 spiro atoms. The maximum atomic E-state index is 6.34. The highest BCUT2D eigenvalue weighted by atomic mass is 16.5. The van der Waals surface area contributed by atoms with Gasteiger partial charge in [0.05, 0.1) is 11.6 Å². The van der Waals surface area contributed by atoms with Crippen molar-refractivity contribution >= 4 is 0 Å². The van der Waals surface area contributed by atoms with Crippen LogP contribution in [0.5, 0.6) is 0 Å². The number of pyridine rings is 1.